The van der Waals surface area contributed by atoms with Crippen molar-refractivity contribution in [2.24, 2.45) is 0 Å². The highest BCUT2D eigenvalue weighted by atomic mass is 127. The summed E-state index contributed by atoms with van der Waals surface area (Å²) in [6.45, 7) is 7.13. The van der Waals surface area contributed by atoms with Crippen molar-refractivity contribution in [2.75, 3.05) is 13.1 Å². The second-order valence-electron chi connectivity index (χ2n) is 8.35. The van der Waals surface area contributed by atoms with Crippen LogP contribution in [-0.2, 0) is 12.1 Å². The summed E-state index contributed by atoms with van der Waals surface area (Å²) < 4.78 is 0.928. The number of benzene rings is 2. The van der Waals surface area contributed by atoms with Gasteiger partial charge in [0, 0.05) is 15.7 Å². The van der Waals surface area contributed by atoms with E-state index in [1.54, 1.807) is 4.90 Å². The van der Waals surface area contributed by atoms with Crippen molar-refractivity contribution in [3.8, 4) is 0 Å². The molecule has 2 aromatic rings. The Kier molecular flexibility index (Phi) is 5.51. The van der Waals surface area contributed by atoms with Gasteiger partial charge in [-0.1, -0.05) is 36.8 Å². The third-order valence-corrected chi connectivity index (χ3v) is 6.92. The molecule has 1 unspecified atom stereocenters. The van der Waals surface area contributed by atoms with Gasteiger partial charge in [-0.2, -0.15) is 0 Å². The van der Waals surface area contributed by atoms with Crippen molar-refractivity contribution in [1.82, 2.24) is 9.80 Å². The average molecular weight is 490 g/mol. The Morgan fingerprint density at radius 1 is 1.11 bits per heavy atom. The topological polar surface area (TPSA) is 43.8 Å². The molecule has 4 rings (SSSR count). The van der Waals surface area contributed by atoms with Gasteiger partial charge in [0.1, 0.15) is 0 Å². The molecule has 1 N–H and O–H groups in total. The molecule has 2 aliphatic rings. The van der Waals surface area contributed by atoms with Gasteiger partial charge in [-0.05, 0) is 85.6 Å². The van der Waals surface area contributed by atoms with E-state index in [4.69, 9.17) is 0 Å². The number of carbonyl (C=O) groups excluding carboxylic acids is 1. The minimum absolute atomic E-state index is 0.0923. The predicted molar refractivity (Wildman–Crippen MR) is 119 cm³/mol. The quantitative estimate of drug-likeness (QED) is 0.635. The number of hydrogen-bond acceptors (Lipinski definition) is 3. The van der Waals surface area contributed by atoms with Crippen molar-refractivity contribution in [3.63, 3.8) is 0 Å². The molecule has 1 saturated heterocycles. The highest BCUT2D eigenvalue weighted by Gasteiger charge is 2.45. The minimum Gasteiger partial charge on any atom is -0.369 e. The third-order valence-electron chi connectivity index (χ3n) is 6.07. The van der Waals surface area contributed by atoms with Crippen molar-refractivity contribution < 1.29 is 9.90 Å². The van der Waals surface area contributed by atoms with Gasteiger partial charge < -0.3 is 5.11 Å². The van der Waals surface area contributed by atoms with E-state index in [2.05, 4.69) is 33.6 Å². The monoisotopic (exact) mass is 490 g/mol. The Bertz CT molecular complexity index is 876. The summed E-state index contributed by atoms with van der Waals surface area (Å²) in [5, 5.41) is 11.2. The molecule has 0 aromatic heterocycles. The molecule has 0 saturated carbocycles. The van der Waals surface area contributed by atoms with E-state index >= 15 is 0 Å². The lowest BCUT2D eigenvalue weighted by atomic mass is 9.92. The molecule has 28 heavy (non-hydrogen) atoms. The molecule has 1 amide bonds. The molecule has 2 heterocycles. The first-order valence-corrected chi connectivity index (χ1v) is 11.1. The van der Waals surface area contributed by atoms with Crippen molar-refractivity contribution in [3.05, 3.63) is 68.3 Å². The number of aliphatic hydroxyl groups is 1. The lowest BCUT2D eigenvalue weighted by molar-refractivity contribution is -0.0305. The molecular formula is C23H27IN2O2. The van der Waals surface area contributed by atoms with Crippen LogP contribution in [0.25, 0.3) is 0 Å². The molecule has 4 nitrogen and oxygen atoms in total. The Morgan fingerprint density at radius 3 is 2.46 bits per heavy atom. The maximum atomic E-state index is 13.3. The molecule has 1 fully saturated rings. The van der Waals surface area contributed by atoms with Crippen LogP contribution in [0.4, 0.5) is 0 Å². The number of aliphatic hydroxyl groups excluding tert-OH is 1. The number of nitrogens with zero attached hydrogens (tertiary/aromatic N) is 2. The Labute approximate surface area is 180 Å². The molecule has 2 aliphatic heterocycles. The number of hydrogen-bond donors (Lipinski definition) is 1. The van der Waals surface area contributed by atoms with E-state index in [0.717, 1.165) is 34.3 Å². The van der Waals surface area contributed by atoms with Gasteiger partial charge in [0.25, 0.3) is 5.91 Å². The first-order chi connectivity index (χ1) is 13.4. The maximum absolute atomic E-state index is 13.3. The fourth-order valence-corrected chi connectivity index (χ4v) is 5.44. The van der Waals surface area contributed by atoms with Crippen LogP contribution in [0.1, 0.15) is 66.4 Å². The highest BCUT2D eigenvalue weighted by molar-refractivity contribution is 14.1. The SMILES string of the molecule is CC(C)(c1ccccc1)N1C(=O)c2c(I)cc(CN3CCCCC3)cc2C1O. The largest absolute Gasteiger partial charge is 0.369 e. The van der Waals surface area contributed by atoms with Gasteiger partial charge in [0.15, 0.2) is 6.23 Å². The average Bonchev–Trinajstić information content (AvgIpc) is 2.94. The highest BCUT2D eigenvalue weighted by Crippen LogP contribution is 2.43. The zero-order valence-electron chi connectivity index (χ0n) is 16.5. The summed E-state index contributed by atoms with van der Waals surface area (Å²) in [6, 6.07) is 14.1. The zero-order valence-corrected chi connectivity index (χ0v) is 18.6. The number of halogens is 1. The number of amides is 1. The molecule has 5 heteroatoms. The van der Waals surface area contributed by atoms with E-state index < -0.39 is 11.8 Å². The normalized spacial score (nSPS) is 20.5. The van der Waals surface area contributed by atoms with Crippen molar-refractivity contribution in [1.29, 1.82) is 0 Å². The summed E-state index contributed by atoms with van der Waals surface area (Å²) in [4.78, 5) is 17.4. The van der Waals surface area contributed by atoms with Crippen molar-refractivity contribution in [2.45, 2.75) is 51.4 Å². The van der Waals surface area contributed by atoms with E-state index in [-0.39, 0.29) is 5.91 Å². The number of piperidine rings is 1. The molecular weight excluding hydrogens is 463 g/mol. The van der Waals surface area contributed by atoms with Crippen LogP contribution >= 0.6 is 22.6 Å². The first kappa shape index (κ1) is 19.9. The fourth-order valence-electron chi connectivity index (χ4n) is 4.50. The Morgan fingerprint density at radius 2 is 1.79 bits per heavy atom. The second-order valence-corrected chi connectivity index (χ2v) is 9.51. The standard InChI is InChI=1S/C23H27IN2O2/c1-23(2,17-9-5-3-6-10-17)26-21(27)18-13-16(14-19(24)20(18)22(26)28)15-25-11-7-4-8-12-25/h3,5-6,9-10,13-14,21,27H,4,7-8,11-12,15H2,1-2H3. The third kappa shape index (κ3) is 3.48. The molecule has 0 bridgehead atoms. The van der Waals surface area contributed by atoms with Gasteiger partial charge in [0.05, 0.1) is 11.1 Å². The number of likely N-dealkylation sites (tertiary alicyclic amines) is 1. The van der Waals surface area contributed by atoms with Crippen LogP contribution in [0.3, 0.4) is 0 Å². The molecule has 1 atom stereocenters. The van der Waals surface area contributed by atoms with Crippen LogP contribution in [0.5, 0.6) is 0 Å². The summed E-state index contributed by atoms with van der Waals surface area (Å²) >= 11 is 2.25. The van der Waals surface area contributed by atoms with Gasteiger partial charge in [-0.25, -0.2) is 0 Å². The molecule has 0 radical (unpaired) electrons. The van der Waals surface area contributed by atoms with Crippen LogP contribution in [-0.4, -0.2) is 33.9 Å². The van der Waals surface area contributed by atoms with E-state index in [1.165, 1.54) is 24.8 Å². The van der Waals surface area contributed by atoms with Crippen molar-refractivity contribution >= 4 is 28.5 Å². The van der Waals surface area contributed by atoms with Crippen LogP contribution < -0.4 is 0 Å². The van der Waals surface area contributed by atoms with Crippen LogP contribution in [0.15, 0.2) is 42.5 Å². The van der Waals surface area contributed by atoms with E-state index in [9.17, 15) is 9.90 Å². The van der Waals surface area contributed by atoms with E-state index in [0.29, 0.717) is 5.56 Å². The summed E-state index contributed by atoms with van der Waals surface area (Å²) in [5.74, 6) is -0.0923. The second kappa shape index (κ2) is 7.76. The molecule has 0 spiro atoms. The lowest BCUT2D eigenvalue weighted by Crippen LogP contribution is -2.44. The predicted octanol–water partition coefficient (Wildman–Crippen LogP) is 4.66. The van der Waals surface area contributed by atoms with Gasteiger partial charge in [-0.3, -0.25) is 14.6 Å². The van der Waals surface area contributed by atoms with E-state index in [1.807, 2.05) is 50.2 Å². The fraction of sp³-hybridized carbons (Fsp3) is 0.435. The molecule has 0 aliphatic carbocycles. The molecule has 148 valence electrons. The minimum atomic E-state index is -0.924. The zero-order chi connectivity index (χ0) is 19.9. The van der Waals surface area contributed by atoms with Gasteiger partial charge in [0.2, 0.25) is 0 Å². The number of fused-ring (bicyclic) bond motifs is 1. The van der Waals surface area contributed by atoms with Gasteiger partial charge in [-0.15, -0.1) is 0 Å². The van der Waals surface area contributed by atoms with Crippen LogP contribution in [0.2, 0.25) is 0 Å². The maximum Gasteiger partial charge on any atom is 0.258 e. The lowest BCUT2D eigenvalue weighted by Gasteiger charge is -2.38. The summed E-state index contributed by atoms with van der Waals surface area (Å²) in [6.07, 6.45) is 2.90. The Hall–Kier alpha value is -1.44. The van der Waals surface area contributed by atoms with Gasteiger partial charge >= 0.3 is 0 Å². The first-order valence-electron chi connectivity index (χ1n) is 10.0. The number of rotatable bonds is 4. The Balaban J connectivity index is 1.66. The summed E-state index contributed by atoms with van der Waals surface area (Å²) in [7, 11) is 0. The smallest absolute Gasteiger partial charge is 0.258 e. The number of carbonyl (C=O) groups is 1. The summed E-state index contributed by atoms with van der Waals surface area (Å²) in [5.41, 5.74) is 2.98. The van der Waals surface area contributed by atoms with Crippen LogP contribution in [0, 0.1) is 3.57 Å². The molecule has 2 aromatic carbocycles.